The van der Waals surface area contributed by atoms with Gasteiger partial charge in [0.1, 0.15) is 0 Å². The van der Waals surface area contributed by atoms with Gasteiger partial charge in [-0.15, -0.1) is 0 Å². The van der Waals surface area contributed by atoms with Crippen LogP contribution in [0.3, 0.4) is 0 Å². The van der Waals surface area contributed by atoms with Crippen LogP contribution in [-0.2, 0) is 19.7 Å². The first kappa shape index (κ1) is 24.1. The highest BCUT2D eigenvalue weighted by molar-refractivity contribution is 8.14. The maximum Gasteiger partial charge on any atom is 0.337 e. The summed E-state index contributed by atoms with van der Waals surface area (Å²) in [5.74, 6) is -3.83. The molecule has 168 valence electrons. The summed E-state index contributed by atoms with van der Waals surface area (Å²) in [6.07, 6.45) is 0.740. The molecule has 0 unspecified atom stereocenters. The topological polar surface area (TPSA) is 181 Å². The SMILES string of the molecule is CCS(=O)(=O)C(=Cc1c(C)[nH]n(-c2cc(C(=O)O)ccc2C(=O)O)c1=O)S(=O)(=O)CC. The van der Waals surface area contributed by atoms with E-state index in [4.69, 9.17) is 0 Å². The van der Waals surface area contributed by atoms with Crippen molar-refractivity contribution >= 4 is 37.7 Å². The molecule has 0 aliphatic rings. The summed E-state index contributed by atoms with van der Waals surface area (Å²) in [6, 6.07) is 3.02. The first-order chi connectivity index (χ1) is 14.3. The van der Waals surface area contributed by atoms with Crippen molar-refractivity contribution in [2.24, 2.45) is 0 Å². The highest BCUT2D eigenvalue weighted by Gasteiger charge is 2.29. The normalized spacial score (nSPS) is 11.8. The molecule has 13 heteroatoms. The lowest BCUT2D eigenvalue weighted by atomic mass is 10.1. The number of nitrogens with one attached hydrogen (secondary N) is 1. The maximum atomic E-state index is 13.0. The van der Waals surface area contributed by atoms with Gasteiger partial charge >= 0.3 is 11.9 Å². The fraction of sp³-hybridized carbons (Fsp3) is 0.278. The Morgan fingerprint density at radius 1 is 1.03 bits per heavy atom. The maximum absolute atomic E-state index is 13.0. The van der Waals surface area contributed by atoms with E-state index in [9.17, 15) is 41.4 Å². The van der Waals surface area contributed by atoms with Crippen LogP contribution in [-0.4, -0.2) is 60.3 Å². The van der Waals surface area contributed by atoms with Crippen molar-refractivity contribution in [2.45, 2.75) is 20.8 Å². The van der Waals surface area contributed by atoms with Gasteiger partial charge in [-0.05, 0) is 31.2 Å². The Hall–Kier alpha value is -3.19. The lowest BCUT2D eigenvalue weighted by Gasteiger charge is -2.08. The molecule has 0 fully saturated rings. The summed E-state index contributed by atoms with van der Waals surface area (Å²) >= 11 is 0. The second-order valence-corrected chi connectivity index (χ2v) is 11.2. The van der Waals surface area contributed by atoms with Crippen LogP contribution in [0.15, 0.2) is 27.2 Å². The van der Waals surface area contributed by atoms with Gasteiger partial charge in [0, 0.05) is 5.69 Å². The van der Waals surface area contributed by atoms with Gasteiger partial charge in [-0.25, -0.2) is 31.1 Å². The summed E-state index contributed by atoms with van der Waals surface area (Å²) in [5.41, 5.74) is -2.21. The van der Waals surface area contributed by atoms with Gasteiger partial charge in [-0.3, -0.25) is 9.89 Å². The molecule has 0 saturated heterocycles. The molecule has 0 aliphatic carbocycles. The zero-order chi connectivity index (χ0) is 23.7. The van der Waals surface area contributed by atoms with E-state index in [0.29, 0.717) is 0 Å². The van der Waals surface area contributed by atoms with Gasteiger partial charge in [-0.2, -0.15) is 0 Å². The molecule has 0 amide bonds. The van der Waals surface area contributed by atoms with Crippen LogP contribution < -0.4 is 5.56 Å². The number of carbonyl (C=O) groups is 2. The third-order valence-corrected chi connectivity index (χ3v) is 8.97. The number of aromatic nitrogens is 2. The van der Waals surface area contributed by atoms with Gasteiger partial charge < -0.3 is 10.2 Å². The van der Waals surface area contributed by atoms with Crippen LogP contribution in [0.1, 0.15) is 45.8 Å². The number of sulfone groups is 2. The number of H-pyrrole nitrogens is 1. The Kier molecular flexibility index (Phi) is 6.61. The quantitative estimate of drug-likeness (QED) is 0.505. The predicted molar refractivity (Wildman–Crippen MR) is 112 cm³/mol. The first-order valence-corrected chi connectivity index (χ1v) is 12.2. The molecule has 31 heavy (non-hydrogen) atoms. The molecule has 1 heterocycles. The zero-order valence-electron chi connectivity index (χ0n) is 16.7. The van der Waals surface area contributed by atoms with Crippen molar-refractivity contribution in [1.29, 1.82) is 0 Å². The number of aryl methyl sites for hydroxylation is 1. The Balaban J connectivity index is 2.89. The molecule has 11 nitrogen and oxygen atoms in total. The minimum absolute atomic E-state index is 0.0529. The van der Waals surface area contributed by atoms with Crippen LogP contribution in [0.5, 0.6) is 0 Å². The molecular formula is C18H20N2O9S2. The fourth-order valence-corrected chi connectivity index (χ4v) is 6.12. The molecule has 2 rings (SSSR count). The van der Waals surface area contributed by atoms with E-state index in [1.807, 2.05) is 0 Å². The lowest BCUT2D eigenvalue weighted by Crippen LogP contribution is -2.21. The van der Waals surface area contributed by atoms with Crippen molar-refractivity contribution in [3.63, 3.8) is 0 Å². The van der Waals surface area contributed by atoms with Crippen molar-refractivity contribution in [3.05, 3.63) is 55.2 Å². The van der Waals surface area contributed by atoms with Crippen LogP contribution in [0.4, 0.5) is 0 Å². The average Bonchev–Trinajstić information content (AvgIpc) is 2.98. The summed E-state index contributed by atoms with van der Waals surface area (Å²) in [5, 5.41) is 21.1. The molecule has 2 aromatic rings. The summed E-state index contributed by atoms with van der Waals surface area (Å²) in [7, 11) is -8.43. The van der Waals surface area contributed by atoms with Gasteiger partial charge in [-0.1, -0.05) is 13.8 Å². The smallest absolute Gasteiger partial charge is 0.337 e. The molecule has 0 saturated carbocycles. The van der Waals surface area contributed by atoms with Crippen molar-refractivity contribution in [1.82, 2.24) is 9.78 Å². The highest BCUT2D eigenvalue weighted by atomic mass is 32.3. The van der Waals surface area contributed by atoms with Crippen LogP contribution in [0, 0.1) is 6.92 Å². The molecule has 0 bridgehead atoms. The van der Waals surface area contributed by atoms with E-state index in [2.05, 4.69) is 5.10 Å². The van der Waals surface area contributed by atoms with E-state index in [1.54, 1.807) is 0 Å². The van der Waals surface area contributed by atoms with Crippen molar-refractivity contribution in [2.75, 3.05) is 11.5 Å². The third kappa shape index (κ3) is 4.61. The molecular weight excluding hydrogens is 452 g/mol. The number of hydrogen-bond donors (Lipinski definition) is 3. The molecule has 0 spiro atoms. The number of aromatic amines is 1. The lowest BCUT2D eigenvalue weighted by molar-refractivity contribution is 0.0681. The van der Waals surface area contributed by atoms with Gasteiger partial charge in [0.15, 0.2) is 23.9 Å². The largest absolute Gasteiger partial charge is 0.478 e. The summed E-state index contributed by atoms with van der Waals surface area (Å²) < 4.78 is 49.3. The predicted octanol–water partition coefficient (Wildman–Crippen LogP) is 1.04. The van der Waals surface area contributed by atoms with Gasteiger partial charge in [0.05, 0.1) is 33.9 Å². The summed E-state index contributed by atoms with van der Waals surface area (Å²) in [4.78, 5) is 35.8. The molecule has 0 radical (unpaired) electrons. The average molecular weight is 472 g/mol. The Labute approximate surface area is 177 Å². The highest BCUT2D eigenvalue weighted by Crippen LogP contribution is 2.22. The first-order valence-electron chi connectivity index (χ1n) is 8.86. The minimum atomic E-state index is -4.22. The Morgan fingerprint density at radius 2 is 1.58 bits per heavy atom. The molecule has 0 aliphatic heterocycles. The van der Waals surface area contributed by atoms with E-state index >= 15 is 0 Å². The molecule has 1 aromatic carbocycles. The van der Waals surface area contributed by atoms with E-state index in [1.165, 1.54) is 20.8 Å². The van der Waals surface area contributed by atoms with Gasteiger partial charge in [0.25, 0.3) is 5.56 Å². The standard InChI is InChI=1S/C18H20N2O9S2/c1-4-30(26,27)15(31(28,29)5-2)9-13-10(3)19-20(16(13)21)14-8-11(17(22)23)6-7-12(14)18(24)25/h6-9,19H,4-5H2,1-3H3,(H,22,23)(H,24,25). The molecule has 0 atom stereocenters. The van der Waals surface area contributed by atoms with Crippen LogP contribution in [0.2, 0.25) is 0 Å². The molecule has 3 N–H and O–H groups in total. The van der Waals surface area contributed by atoms with E-state index in [0.717, 1.165) is 29.0 Å². The number of carboxylic acids is 2. The zero-order valence-corrected chi connectivity index (χ0v) is 18.4. The van der Waals surface area contributed by atoms with Gasteiger partial charge in [0.2, 0.25) is 0 Å². The number of rotatable bonds is 8. The number of benzene rings is 1. The fourth-order valence-electron chi connectivity index (χ4n) is 2.71. The summed E-state index contributed by atoms with van der Waals surface area (Å²) in [6.45, 7) is 3.88. The monoisotopic (exact) mass is 472 g/mol. The van der Waals surface area contributed by atoms with E-state index in [-0.39, 0.29) is 22.5 Å². The minimum Gasteiger partial charge on any atom is -0.478 e. The Bertz CT molecular complexity index is 1330. The van der Waals surface area contributed by atoms with Crippen LogP contribution >= 0.6 is 0 Å². The number of hydrogen-bond acceptors (Lipinski definition) is 7. The van der Waals surface area contributed by atoms with E-state index < -0.39 is 58.5 Å². The number of nitrogens with zero attached hydrogens (tertiary/aromatic N) is 1. The second kappa shape index (κ2) is 8.51. The third-order valence-electron chi connectivity index (χ3n) is 4.47. The number of carboxylic acid groups (broad SMARTS) is 2. The second-order valence-electron chi connectivity index (χ2n) is 6.40. The number of aromatic carboxylic acids is 2. The van der Waals surface area contributed by atoms with Crippen molar-refractivity contribution in [3.8, 4) is 5.69 Å². The molecule has 1 aromatic heterocycles. The Morgan fingerprint density at radius 3 is 2.03 bits per heavy atom. The van der Waals surface area contributed by atoms with Crippen LogP contribution in [0.25, 0.3) is 11.8 Å². The van der Waals surface area contributed by atoms with Crippen molar-refractivity contribution < 1.29 is 36.6 Å².